The number of hydrogen-bond donors (Lipinski definition) is 0. The molecule has 7 heteroatoms. The summed E-state index contributed by atoms with van der Waals surface area (Å²) < 4.78 is 10.4. The monoisotopic (exact) mass is 356 g/mol. The summed E-state index contributed by atoms with van der Waals surface area (Å²) in [5.74, 6) is 1.36. The van der Waals surface area contributed by atoms with Gasteiger partial charge in [-0.15, -0.1) is 10.2 Å². The Morgan fingerprint density at radius 3 is 2.35 bits per heavy atom. The number of carbonyl (C=O) groups is 1. The van der Waals surface area contributed by atoms with E-state index in [1.807, 2.05) is 48.2 Å². The zero-order valence-electron chi connectivity index (χ0n) is 15.2. The highest BCUT2D eigenvalue weighted by atomic mass is 16.5. The minimum absolute atomic E-state index is 0.0811. The third-order valence-corrected chi connectivity index (χ3v) is 4.35. The molecule has 0 aliphatic carbocycles. The number of piperazine rings is 1. The van der Waals surface area contributed by atoms with Crippen molar-refractivity contribution in [1.29, 1.82) is 0 Å². The van der Waals surface area contributed by atoms with Gasteiger partial charge >= 0.3 is 0 Å². The minimum atomic E-state index is 0.0811. The van der Waals surface area contributed by atoms with E-state index in [1.54, 1.807) is 7.11 Å². The third kappa shape index (κ3) is 4.49. The lowest BCUT2D eigenvalue weighted by Gasteiger charge is -2.35. The van der Waals surface area contributed by atoms with Crippen LogP contribution >= 0.6 is 0 Å². The highest BCUT2D eigenvalue weighted by Crippen LogP contribution is 2.16. The summed E-state index contributed by atoms with van der Waals surface area (Å²) in [5, 5.41) is 8.31. The second-order valence-corrected chi connectivity index (χ2v) is 6.22. The molecule has 1 saturated heterocycles. The van der Waals surface area contributed by atoms with Gasteiger partial charge in [0, 0.05) is 44.9 Å². The van der Waals surface area contributed by atoms with Crippen LogP contribution in [0.5, 0.6) is 5.88 Å². The van der Waals surface area contributed by atoms with Crippen LogP contribution in [0, 0.1) is 6.92 Å². The number of benzene rings is 1. The van der Waals surface area contributed by atoms with Crippen molar-refractivity contribution in [2.45, 2.75) is 6.92 Å². The summed E-state index contributed by atoms with van der Waals surface area (Å²) in [5.41, 5.74) is 1.89. The van der Waals surface area contributed by atoms with Gasteiger partial charge in [-0.3, -0.25) is 4.79 Å². The van der Waals surface area contributed by atoms with E-state index >= 15 is 0 Å². The first-order valence-corrected chi connectivity index (χ1v) is 8.74. The molecule has 1 aromatic heterocycles. The minimum Gasteiger partial charge on any atom is -0.474 e. The van der Waals surface area contributed by atoms with Gasteiger partial charge in [0.15, 0.2) is 5.82 Å². The smallest absolute Gasteiger partial charge is 0.253 e. The number of methoxy groups -OCH3 is 1. The van der Waals surface area contributed by atoms with Gasteiger partial charge in [0.1, 0.15) is 6.61 Å². The number of carbonyl (C=O) groups excluding carboxylic acids is 1. The number of aryl methyl sites for hydroxylation is 1. The van der Waals surface area contributed by atoms with Crippen LogP contribution in [0.25, 0.3) is 0 Å². The maximum absolute atomic E-state index is 12.6. The van der Waals surface area contributed by atoms with Gasteiger partial charge in [0.2, 0.25) is 5.88 Å². The van der Waals surface area contributed by atoms with E-state index in [0.29, 0.717) is 32.2 Å². The molecule has 0 saturated carbocycles. The van der Waals surface area contributed by atoms with Crippen molar-refractivity contribution in [3.63, 3.8) is 0 Å². The second-order valence-electron chi connectivity index (χ2n) is 6.22. The van der Waals surface area contributed by atoms with E-state index in [0.717, 1.165) is 30.0 Å². The summed E-state index contributed by atoms with van der Waals surface area (Å²) in [4.78, 5) is 16.6. The van der Waals surface area contributed by atoms with Crippen LogP contribution in [-0.2, 0) is 4.74 Å². The molecule has 0 N–H and O–H groups in total. The number of rotatable bonds is 6. The number of ether oxygens (including phenoxy) is 2. The van der Waals surface area contributed by atoms with E-state index in [2.05, 4.69) is 15.1 Å². The Labute approximate surface area is 153 Å². The van der Waals surface area contributed by atoms with Crippen LogP contribution in [0.3, 0.4) is 0 Å². The second kappa shape index (κ2) is 8.62. The fraction of sp³-hybridized carbons (Fsp3) is 0.421. The summed E-state index contributed by atoms with van der Waals surface area (Å²) in [6.07, 6.45) is 0. The van der Waals surface area contributed by atoms with Gasteiger partial charge in [0.25, 0.3) is 5.91 Å². The van der Waals surface area contributed by atoms with E-state index in [4.69, 9.17) is 9.47 Å². The molecular weight excluding hydrogens is 332 g/mol. The van der Waals surface area contributed by atoms with E-state index in [-0.39, 0.29) is 5.91 Å². The molecule has 1 aliphatic rings. The average molecular weight is 356 g/mol. The standard InChI is InChI=1S/C19H24N4O3/c1-15-3-5-16(6-4-15)19(24)23-11-9-22(10-12-23)17-7-8-18(21-20-17)26-14-13-25-2/h3-8H,9-14H2,1-2H3. The molecule has 1 amide bonds. The van der Waals surface area contributed by atoms with E-state index in [9.17, 15) is 4.79 Å². The van der Waals surface area contributed by atoms with Crippen molar-refractivity contribution in [2.24, 2.45) is 0 Å². The predicted molar refractivity (Wildman–Crippen MR) is 98.7 cm³/mol. The van der Waals surface area contributed by atoms with Gasteiger partial charge in [0.05, 0.1) is 6.61 Å². The normalized spacial score (nSPS) is 14.4. The molecule has 7 nitrogen and oxygen atoms in total. The first-order valence-electron chi connectivity index (χ1n) is 8.74. The average Bonchev–Trinajstić information content (AvgIpc) is 2.69. The van der Waals surface area contributed by atoms with Crippen molar-refractivity contribution in [3.8, 4) is 5.88 Å². The summed E-state index contributed by atoms with van der Waals surface area (Å²) >= 11 is 0. The molecule has 0 radical (unpaired) electrons. The predicted octanol–water partition coefficient (Wildman–Crippen LogP) is 1.77. The fourth-order valence-electron chi connectivity index (χ4n) is 2.81. The highest BCUT2D eigenvalue weighted by molar-refractivity contribution is 5.94. The van der Waals surface area contributed by atoms with E-state index < -0.39 is 0 Å². The number of hydrogen-bond acceptors (Lipinski definition) is 6. The van der Waals surface area contributed by atoms with Gasteiger partial charge in [-0.25, -0.2) is 0 Å². The lowest BCUT2D eigenvalue weighted by Crippen LogP contribution is -2.49. The molecule has 138 valence electrons. The van der Waals surface area contributed by atoms with Gasteiger partial charge in [-0.1, -0.05) is 17.7 Å². The van der Waals surface area contributed by atoms with E-state index in [1.165, 1.54) is 0 Å². The van der Waals surface area contributed by atoms with Crippen molar-refractivity contribution < 1.29 is 14.3 Å². The lowest BCUT2D eigenvalue weighted by atomic mass is 10.1. The zero-order valence-corrected chi connectivity index (χ0v) is 15.2. The molecule has 2 heterocycles. The topological polar surface area (TPSA) is 67.8 Å². The Balaban J connectivity index is 1.53. The molecule has 1 fully saturated rings. The Hall–Kier alpha value is -2.67. The van der Waals surface area contributed by atoms with Gasteiger partial charge in [-0.05, 0) is 25.1 Å². The van der Waals surface area contributed by atoms with Crippen LogP contribution in [0.4, 0.5) is 5.82 Å². The number of anilines is 1. The third-order valence-electron chi connectivity index (χ3n) is 4.35. The summed E-state index contributed by atoms with van der Waals surface area (Å²) in [6.45, 7) is 5.78. The summed E-state index contributed by atoms with van der Waals surface area (Å²) in [7, 11) is 1.63. The Bertz CT molecular complexity index is 711. The molecule has 0 spiro atoms. The molecular formula is C19H24N4O3. The number of aromatic nitrogens is 2. The quantitative estimate of drug-likeness (QED) is 0.735. The molecule has 1 aliphatic heterocycles. The molecule has 2 aromatic rings. The van der Waals surface area contributed by atoms with Crippen molar-refractivity contribution in [3.05, 3.63) is 47.5 Å². The molecule has 0 unspecified atom stereocenters. The highest BCUT2D eigenvalue weighted by Gasteiger charge is 2.23. The molecule has 1 aromatic carbocycles. The largest absolute Gasteiger partial charge is 0.474 e. The van der Waals surface area contributed by atoms with Gasteiger partial charge < -0.3 is 19.3 Å². The molecule has 0 atom stereocenters. The zero-order chi connectivity index (χ0) is 18.4. The maximum Gasteiger partial charge on any atom is 0.253 e. The Morgan fingerprint density at radius 2 is 1.73 bits per heavy atom. The molecule has 0 bridgehead atoms. The van der Waals surface area contributed by atoms with Crippen LogP contribution in [0.15, 0.2) is 36.4 Å². The first-order chi connectivity index (χ1) is 12.7. The fourth-order valence-corrected chi connectivity index (χ4v) is 2.81. The van der Waals surface area contributed by atoms with Crippen LogP contribution in [0.1, 0.15) is 15.9 Å². The molecule has 3 rings (SSSR count). The molecule has 26 heavy (non-hydrogen) atoms. The summed E-state index contributed by atoms with van der Waals surface area (Å²) in [6, 6.07) is 11.4. The van der Waals surface area contributed by atoms with Crippen molar-refractivity contribution in [1.82, 2.24) is 15.1 Å². The van der Waals surface area contributed by atoms with Crippen LogP contribution < -0.4 is 9.64 Å². The van der Waals surface area contributed by atoms with Gasteiger partial charge in [-0.2, -0.15) is 0 Å². The number of nitrogens with zero attached hydrogens (tertiary/aromatic N) is 4. The Kier molecular flexibility index (Phi) is 6.01. The van der Waals surface area contributed by atoms with Crippen LogP contribution in [0.2, 0.25) is 0 Å². The first kappa shape index (κ1) is 18.1. The van der Waals surface area contributed by atoms with Crippen molar-refractivity contribution >= 4 is 11.7 Å². The Morgan fingerprint density at radius 1 is 1.00 bits per heavy atom. The maximum atomic E-state index is 12.6. The SMILES string of the molecule is COCCOc1ccc(N2CCN(C(=O)c3ccc(C)cc3)CC2)nn1. The van der Waals surface area contributed by atoms with Crippen LogP contribution in [-0.4, -0.2) is 67.5 Å². The number of amides is 1. The lowest BCUT2D eigenvalue weighted by molar-refractivity contribution is 0.0746. The van der Waals surface area contributed by atoms with Crippen molar-refractivity contribution in [2.75, 3.05) is 51.4 Å².